The van der Waals surface area contributed by atoms with Crippen LogP contribution in [0.4, 0.5) is 13.2 Å². The number of hydrogen-bond acceptors (Lipinski definition) is 1. The highest BCUT2D eigenvalue weighted by atomic mass is 35.5. The molecule has 0 spiro atoms. The highest BCUT2D eigenvalue weighted by Crippen LogP contribution is 2.23. The molecule has 0 heterocycles. The molecule has 0 saturated heterocycles. The van der Waals surface area contributed by atoms with Gasteiger partial charge in [-0.3, -0.25) is 4.99 Å². The smallest absolute Gasteiger partial charge is 0.356 e. The summed E-state index contributed by atoms with van der Waals surface area (Å²) in [6.45, 7) is 4.52. The van der Waals surface area contributed by atoms with E-state index in [0.29, 0.717) is 17.5 Å². The first kappa shape index (κ1) is 19.6. The highest BCUT2D eigenvalue weighted by Gasteiger charge is 2.26. The minimum absolute atomic E-state index is 0.105. The minimum atomic E-state index is -4.17. The molecule has 2 N–H and O–H groups in total. The normalized spacial score (nSPS) is 13.1. The van der Waals surface area contributed by atoms with Crippen LogP contribution in [0.15, 0.2) is 29.3 Å². The second kappa shape index (κ2) is 8.43. The zero-order chi connectivity index (χ0) is 17.5. The molecular weight excluding hydrogens is 327 g/mol. The van der Waals surface area contributed by atoms with Crippen molar-refractivity contribution in [2.45, 2.75) is 32.9 Å². The maximum absolute atomic E-state index is 12.1. The van der Waals surface area contributed by atoms with Crippen LogP contribution in [-0.2, 0) is 6.42 Å². The molecule has 0 bridgehead atoms. The number of aliphatic imine (C=N–C) groups is 1. The number of rotatable bonds is 6. The third kappa shape index (κ3) is 8.69. The van der Waals surface area contributed by atoms with Crippen LogP contribution < -0.4 is 10.6 Å². The molecule has 0 saturated carbocycles. The van der Waals surface area contributed by atoms with Gasteiger partial charge in [-0.2, -0.15) is 13.2 Å². The summed E-state index contributed by atoms with van der Waals surface area (Å²) in [4.78, 5) is 3.94. The Morgan fingerprint density at radius 2 is 1.91 bits per heavy atom. The second-order valence-corrected chi connectivity index (χ2v) is 6.63. The molecule has 130 valence electrons. The van der Waals surface area contributed by atoms with Gasteiger partial charge in [0.1, 0.15) is 0 Å². The molecule has 0 fully saturated rings. The van der Waals surface area contributed by atoms with Crippen molar-refractivity contribution in [3.05, 3.63) is 34.9 Å². The molecule has 23 heavy (non-hydrogen) atoms. The SMILES string of the molecule is CN=C(NCCC(F)(F)F)NCC(C)(C)Cc1cccc(Cl)c1. The standard InChI is InChI=1S/C16H23ClF3N3/c1-15(2,10-12-5-4-6-13(17)9-12)11-23-14(21-3)22-8-7-16(18,19)20/h4-6,9H,7-8,10-11H2,1-3H3,(H2,21,22,23). The fourth-order valence-electron chi connectivity index (χ4n) is 2.13. The monoisotopic (exact) mass is 349 g/mol. The number of hydrogen-bond donors (Lipinski definition) is 2. The lowest BCUT2D eigenvalue weighted by Gasteiger charge is -2.26. The molecule has 0 radical (unpaired) electrons. The second-order valence-electron chi connectivity index (χ2n) is 6.19. The van der Waals surface area contributed by atoms with Crippen molar-refractivity contribution >= 4 is 17.6 Å². The van der Waals surface area contributed by atoms with Gasteiger partial charge in [0.2, 0.25) is 0 Å². The Balaban J connectivity index is 2.47. The van der Waals surface area contributed by atoms with Crippen LogP contribution in [0.2, 0.25) is 5.02 Å². The summed E-state index contributed by atoms with van der Waals surface area (Å²) in [6.07, 6.45) is -4.27. The number of alkyl halides is 3. The molecule has 0 atom stereocenters. The summed E-state index contributed by atoms with van der Waals surface area (Å²) in [5, 5.41) is 6.43. The zero-order valence-corrected chi connectivity index (χ0v) is 14.4. The van der Waals surface area contributed by atoms with Gasteiger partial charge >= 0.3 is 6.18 Å². The van der Waals surface area contributed by atoms with Gasteiger partial charge < -0.3 is 10.6 Å². The Morgan fingerprint density at radius 3 is 2.48 bits per heavy atom. The quantitative estimate of drug-likeness (QED) is 0.601. The van der Waals surface area contributed by atoms with Gasteiger partial charge in [0.05, 0.1) is 6.42 Å². The lowest BCUT2D eigenvalue weighted by molar-refractivity contribution is -0.132. The first-order valence-corrected chi connectivity index (χ1v) is 7.75. The third-order valence-electron chi connectivity index (χ3n) is 3.23. The number of nitrogens with zero attached hydrogens (tertiary/aromatic N) is 1. The lowest BCUT2D eigenvalue weighted by Crippen LogP contribution is -2.43. The average Bonchev–Trinajstić information content (AvgIpc) is 2.40. The number of nitrogens with one attached hydrogen (secondary N) is 2. The van der Waals surface area contributed by atoms with E-state index in [1.54, 1.807) is 0 Å². The topological polar surface area (TPSA) is 36.4 Å². The Labute approximate surface area is 140 Å². The van der Waals surface area contributed by atoms with Crippen molar-refractivity contribution in [3.8, 4) is 0 Å². The van der Waals surface area contributed by atoms with Crippen LogP contribution in [0.25, 0.3) is 0 Å². The van der Waals surface area contributed by atoms with Gasteiger partial charge in [0, 0.05) is 25.2 Å². The highest BCUT2D eigenvalue weighted by molar-refractivity contribution is 6.30. The average molecular weight is 350 g/mol. The maximum atomic E-state index is 12.1. The van der Waals surface area contributed by atoms with E-state index in [-0.39, 0.29) is 12.0 Å². The van der Waals surface area contributed by atoms with Crippen molar-refractivity contribution in [3.63, 3.8) is 0 Å². The predicted molar refractivity (Wildman–Crippen MR) is 89.0 cm³/mol. The number of benzene rings is 1. The minimum Gasteiger partial charge on any atom is -0.356 e. The van der Waals surface area contributed by atoms with Crippen LogP contribution in [0, 0.1) is 5.41 Å². The van der Waals surface area contributed by atoms with E-state index in [4.69, 9.17) is 11.6 Å². The summed E-state index contributed by atoms with van der Waals surface area (Å²) in [5.41, 5.74) is 1.01. The van der Waals surface area contributed by atoms with Crippen LogP contribution in [0.1, 0.15) is 25.8 Å². The Kier molecular flexibility index (Phi) is 7.19. The van der Waals surface area contributed by atoms with E-state index in [9.17, 15) is 13.2 Å². The predicted octanol–water partition coefficient (Wildman–Crippen LogP) is 4.03. The summed E-state index contributed by atoms with van der Waals surface area (Å²) in [5.74, 6) is 0.369. The van der Waals surface area contributed by atoms with Crippen molar-refractivity contribution in [1.82, 2.24) is 10.6 Å². The molecule has 0 aromatic heterocycles. The van der Waals surface area contributed by atoms with E-state index in [1.807, 2.05) is 24.3 Å². The van der Waals surface area contributed by atoms with Crippen molar-refractivity contribution in [2.75, 3.05) is 20.1 Å². The van der Waals surface area contributed by atoms with Crippen LogP contribution in [0.3, 0.4) is 0 Å². The molecule has 1 rings (SSSR count). The molecule has 1 aromatic carbocycles. The van der Waals surface area contributed by atoms with Gasteiger partial charge in [-0.15, -0.1) is 0 Å². The van der Waals surface area contributed by atoms with Gasteiger partial charge in [0.25, 0.3) is 0 Å². The van der Waals surface area contributed by atoms with Gasteiger partial charge in [-0.25, -0.2) is 0 Å². The van der Waals surface area contributed by atoms with E-state index in [1.165, 1.54) is 7.05 Å². The fourth-order valence-corrected chi connectivity index (χ4v) is 2.34. The van der Waals surface area contributed by atoms with Crippen molar-refractivity contribution in [2.24, 2.45) is 10.4 Å². The first-order valence-electron chi connectivity index (χ1n) is 7.37. The Bertz CT molecular complexity index is 528. The molecule has 0 aliphatic carbocycles. The van der Waals surface area contributed by atoms with E-state index >= 15 is 0 Å². The number of halogens is 4. The maximum Gasteiger partial charge on any atom is 0.390 e. The summed E-state index contributed by atoms with van der Waals surface area (Å²) in [7, 11) is 1.53. The van der Waals surface area contributed by atoms with Crippen LogP contribution in [-0.4, -0.2) is 32.3 Å². The summed E-state index contributed by atoms with van der Waals surface area (Å²) < 4.78 is 36.4. The Hall–Kier alpha value is -1.43. The summed E-state index contributed by atoms with van der Waals surface area (Å²) in [6, 6.07) is 7.64. The van der Waals surface area contributed by atoms with Crippen LogP contribution in [0.5, 0.6) is 0 Å². The van der Waals surface area contributed by atoms with Crippen LogP contribution >= 0.6 is 11.6 Å². The zero-order valence-electron chi connectivity index (χ0n) is 13.6. The van der Waals surface area contributed by atoms with Crippen molar-refractivity contribution < 1.29 is 13.2 Å². The Morgan fingerprint density at radius 1 is 1.22 bits per heavy atom. The van der Waals surface area contributed by atoms with Gasteiger partial charge in [0.15, 0.2) is 5.96 Å². The molecule has 0 amide bonds. The van der Waals surface area contributed by atoms with Gasteiger partial charge in [-0.05, 0) is 29.5 Å². The molecule has 0 unspecified atom stereocenters. The molecule has 7 heteroatoms. The lowest BCUT2D eigenvalue weighted by atomic mass is 9.86. The van der Waals surface area contributed by atoms with E-state index in [2.05, 4.69) is 29.5 Å². The molecule has 3 nitrogen and oxygen atoms in total. The largest absolute Gasteiger partial charge is 0.390 e. The van der Waals surface area contributed by atoms with E-state index in [0.717, 1.165) is 12.0 Å². The number of guanidine groups is 1. The first-order chi connectivity index (χ1) is 10.6. The van der Waals surface area contributed by atoms with Gasteiger partial charge in [-0.1, -0.05) is 37.6 Å². The molecule has 0 aliphatic heterocycles. The van der Waals surface area contributed by atoms with Crippen molar-refractivity contribution in [1.29, 1.82) is 0 Å². The van der Waals surface area contributed by atoms with E-state index < -0.39 is 12.6 Å². The fraction of sp³-hybridized carbons (Fsp3) is 0.562. The molecule has 0 aliphatic rings. The summed E-state index contributed by atoms with van der Waals surface area (Å²) >= 11 is 5.98. The molecule has 1 aromatic rings. The molecular formula is C16H23ClF3N3. The third-order valence-corrected chi connectivity index (χ3v) is 3.47.